The third kappa shape index (κ3) is 2.98. The molecule has 0 spiro atoms. The largest absolute Gasteiger partial charge is 0.371 e. The summed E-state index contributed by atoms with van der Waals surface area (Å²) >= 11 is 5.54. The van der Waals surface area contributed by atoms with Crippen molar-refractivity contribution in [2.75, 3.05) is 6.61 Å². The van der Waals surface area contributed by atoms with Gasteiger partial charge in [0.05, 0.1) is 18.9 Å². The van der Waals surface area contributed by atoms with Crippen LogP contribution in [0.1, 0.15) is 5.69 Å². The lowest BCUT2D eigenvalue weighted by molar-refractivity contribution is 0.145. The molecule has 1 heterocycles. The lowest BCUT2D eigenvalue weighted by Gasteiger charge is -1.98. The summed E-state index contributed by atoms with van der Waals surface area (Å²) in [6.45, 7) is 4.48. The molecule has 3 nitrogen and oxygen atoms in total. The van der Waals surface area contributed by atoms with Gasteiger partial charge in [0.25, 0.3) is 0 Å². The van der Waals surface area contributed by atoms with Gasteiger partial charge in [0, 0.05) is 0 Å². The quantitative estimate of drug-likeness (QED) is 0.529. The first kappa shape index (κ1) is 9.16. The van der Waals surface area contributed by atoms with Gasteiger partial charge in [-0.3, -0.25) is 0 Å². The Bertz CT molecular complexity index is 248. The van der Waals surface area contributed by atoms with E-state index in [0.29, 0.717) is 18.4 Å². The van der Waals surface area contributed by atoms with Crippen LogP contribution < -0.4 is 0 Å². The van der Waals surface area contributed by atoms with Gasteiger partial charge in [-0.1, -0.05) is 17.7 Å². The van der Waals surface area contributed by atoms with E-state index in [1.54, 1.807) is 18.2 Å². The third-order valence-electron chi connectivity index (χ3n) is 1.17. The van der Waals surface area contributed by atoms with Crippen LogP contribution >= 0.6 is 11.6 Å². The molecule has 0 aromatic carbocycles. The Morgan fingerprint density at radius 1 is 1.50 bits per heavy atom. The molecule has 1 rings (SSSR count). The minimum atomic E-state index is 0.391. The van der Waals surface area contributed by atoms with Crippen LogP contribution in [0.15, 0.2) is 24.8 Å². The van der Waals surface area contributed by atoms with Crippen LogP contribution in [0.4, 0.5) is 0 Å². The number of hydrogen-bond acceptors (Lipinski definition) is 3. The zero-order chi connectivity index (χ0) is 8.81. The SMILES string of the molecule is C=CCOCc1ccc(Cl)nn1. The highest BCUT2D eigenvalue weighted by atomic mass is 35.5. The van der Waals surface area contributed by atoms with Crippen molar-refractivity contribution < 1.29 is 4.74 Å². The molecule has 64 valence electrons. The molecule has 4 heteroatoms. The monoisotopic (exact) mass is 184 g/mol. The van der Waals surface area contributed by atoms with E-state index in [4.69, 9.17) is 16.3 Å². The first-order valence-corrected chi connectivity index (χ1v) is 3.87. The molecule has 0 aliphatic carbocycles. The Morgan fingerprint density at radius 2 is 2.33 bits per heavy atom. The highest BCUT2D eigenvalue weighted by Crippen LogP contribution is 2.02. The fraction of sp³-hybridized carbons (Fsp3) is 0.250. The molecular formula is C8H9ClN2O. The summed E-state index contributed by atoms with van der Waals surface area (Å²) in [5, 5.41) is 7.87. The Hall–Kier alpha value is -0.930. The van der Waals surface area contributed by atoms with Gasteiger partial charge in [-0.05, 0) is 12.1 Å². The second kappa shape index (κ2) is 4.85. The molecular weight excluding hydrogens is 176 g/mol. The fourth-order valence-corrected chi connectivity index (χ4v) is 0.768. The van der Waals surface area contributed by atoms with Crippen molar-refractivity contribution in [3.8, 4) is 0 Å². The molecule has 0 unspecified atom stereocenters. The van der Waals surface area contributed by atoms with Crippen LogP contribution in [-0.2, 0) is 11.3 Å². The predicted molar refractivity (Wildman–Crippen MR) is 46.9 cm³/mol. The number of rotatable bonds is 4. The van der Waals surface area contributed by atoms with Crippen molar-refractivity contribution in [3.05, 3.63) is 35.6 Å². The van der Waals surface area contributed by atoms with Crippen LogP contribution in [-0.4, -0.2) is 16.8 Å². The zero-order valence-corrected chi connectivity index (χ0v) is 7.29. The van der Waals surface area contributed by atoms with Gasteiger partial charge in [-0.2, -0.15) is 5.10 Å². The van der Waals surface area contributed by atoms with Crippen LogP contribution in [0.3, 0.4) is 0 Å². The van der Waals surface area contributed by atoms with Gasteiger partial charge in [0.2, 0.25) is 0 Å². The van der Waals surface area contributed by atoms with Crippen LogP contribution in [0, 0.1) is 0 Å². The second-order valence-electron chi connectivity index (χ2n) is 2.15. The second-order valence-corrected chi connectivity index (χ2v) is 2.54. The Balaban J connectivity index is 2.42. The molecule has 0 atom stereocenters. The Morgan fingerprint density at radius 3 is 2.92 bits per heavy atom. The zero-order valence-electron chi connectivity index (χ0n) is 6.53. The van der Waals surface area contributed by atoms with Gasteiger partial charge in [0.15, 0.2) is 5.15 Å². The lowest BCUT2D eigenvalue weighted by Crippen LogP contribution is -1.96. The Kier molecular flexibility index (Phi) is 3.70. The van der Waals surface area contributed by atoms with E-state index >= 15 is 0 Å². The van der Waals surface area contributed by atoms with E-state index in [-0.39, 0.29) is 0 Å². The number of halogens is 1. The van der Waals surface area contributed by atoms with Gasteiger partial charge >= 0.3 is 0 Å². The highest BCUT2D eigenvalue weighted by molar-refractivity contribution is 6.29. The minimum absolute atomic E-state index is 0.391. The topological polar surface area (TPSA) is 35.0 Å². The molecule has 0 aliphatic heterocycles. The first-order valence-electron chi connectivity index (χ1n) is 3.49. The van der Waals surface area contributed by atoms with E-state index in [1.165, 1.54) is 0 Å². The molecule has 12 heavy (non-hydrogen) atoms. The number of hydrogen-bond donors (Lipinski definition) is 0. The molecule has 1 aromatic heterocycles. The molecule has 0 amide bonds. The van der Waals surface area contributed by atoms with Crippen molar-refractivity contribution in [2.45, 2.75) is 6.61 Å². The summed E-state index contributed by atoms with van der Waals surface area (Å²) in [7, 11) is 0. The molecule has 0 bridgehead atoms. The van der Waals surface area contributed by atoms with Crippen molar-refractivity contribution in [3.63, 3.8) is 0 Å². The lowest BCUT2D eigenvalue weighted by atomic mass is 10.4. The molecule has 0 fully saturated rings. The van der Waals surface area contributed by atoms with Crippen LogP contribution in [0.25, 0.3) is 0 Å². The fourth-order valence-electron chi connectivity index (χ4n) is 0.667. The van der Waals surface area contributed by atoms with Gasteiger partial charge < -0.3 is 4.74 Å². The molecule has 0 radical (unpaired) electrons. The van der Waals surface area contributed by atoms with E-state index in [0.717, 1.165) is 5.69 Å². The van der Waals surface area contributed by atoms with E-state index < -0.39 is 0 Å². The molecule has 0 saturated heterocycles. The smallest absolute Gasteiger partial charge is 0.151 e. The number of ether oxygens (including phenoxy) is 1. The average molecular weight is 185 g/mol. The Labute approximate surface area is 76.0 Å². The maximum atomic E-state index is 5.54. The summed E-state index contributed by atoms with van der Waals surface area (Å²) in [5.74, 6) is 0. The summed E-state index contributed by atoms with van der Waals surface area (Å²) in [5.41, 5.74) is 0.765. The normalized spacial score (nSPS) is 9.75. The van der Waals surface area contributed by atoms with Crippen molar-refractivity contribution in [1.82, 2.24) is 10.2 Å². The molecule has 0 saturated carbocycles. The van der Waals surface area contributed by atoms with Crippen molar-refractivity contribution in [1.29, 1.82) is 0 Å². The summed E-state index contributed by atoms with van der Waals surface area (Å²) in [4.78, 5) is 0. The minimum Gasteiger partial charge on any atom is -0.371 e. The van der Waals surface area contributed by atoms with Crippen molar-refractivity contribution >= 4 is 11.6 Å². The maximum absolute atomic E-state index is 5.54. The van der Waals surface area contributed by atoms with Crippen LogP contribution in [0.2, 0.25) is 5.15 Å². The molecule has 1 aromatic rings. The average Bonchev–Trinajstić information content (AvgIpc) is 2.09. The van der Waals surface area contributed by atoms with E-state index in [9.17, 15) is 0 Å². The van der Waals surface area contributed by atoms with E-state index in [1.807, 2.05) is 0 Å². The first-order chi connectivity index (χ1) is 5.83. The van der Waals surface area contributed by atoms with Gasteiger partial charge in [0.1, 0.15) is 0 Å². The third-order valence-corrected chi connectivity index (χ3v) is 1.37. The standard InChI is InChI=1S/C8H9ClN2O/c1-2-5-12-6-7-3-4-8(9)11-10-7/h2-4H,1,5-6H2. The predicted octanol–water partition coefficient (Wildman–Crippen LogP) is 1.83. The highest BCUT2D eigenvalue weighted by Gasteiger charge is 1.94. The summed E-state index contributed by atoms with van der Waals surface area (Å²) in [6, 6.07) is 3.46. The maximum Gasteiger partial charge on any atom is 0.151 e. The summed E-state index contributed by atoms with van der Waals surface area (Å²) < 4.78 is 5.15. The van der Waals surface area contributed by atoms with E-state index in [2.05, 4.69) is 16.8 Å². The number of nitrogens with zero attached hydrogens (tertiary/aromatic N) is 2. The van der Waals surface area contributed by atoms with Crippen molar-refractivity contribution in [2.24, 2.45) is 0 Å². The van der Waals surface area contributed by atoms with Gasteiger partial charge in [-0.25, -0.2) is 0 Å². The van der Waals surface area contributed by atoms with Crippen LogP contribution in [0.5, 0.6) is 0 Å². The summed E-state index contributed by atoms with van der Waals surface area (Å²) in [6.07, 6.45) is 1.68. The number of aromatic nitrogens is 2. The van der Waals surface area contributed by atoms with Gasteiger partial charge in [-0.15, -0.1) is 11.7 Å². The molecule has 0 aliphatic rings. The molecule has 0 N–H and O–H groups in total.